The molecule has 22 heavy (non-hydrogen) atoms. The number of hydrogen-bond donors (Lipinski definition) is 1. The molecule has 2 aromatic carbocycles. The van der Waals surface area contributed by atoms with Gasteiger partial charge in [-0.3, -0.25) is 4.79 Å². The van der Waals surface area contributed by atoms with Gasteiger partial charge in [0.05, 0.1) is 11.0 Å². The summed E-state index contributed by atoms with van der Waals surface area (Å²) in [6.45, 7) is 0.676. The summed E-state index contributed by atoms with van der Waals surface area (Å²) >= 11 is 0. The largest absolute Gasteiger partial charge is 0.481 e. The van der Waals surface area contributed by atoms with E-state index in [0.717, 1.165) is 23.3 Å². The maximum atomic E-state index is 10.7. The summed E-state index contributed by atoms with van der Waals surface area (Å²) in [6.07, 6.45) is 1.54. The van der Waals surface area contributed by atoms with E-state index in [2.05, 4.69) is 16.7 Å². The van der Waals surface area contributed by atoms with Gasteiger partial charge in [0, 0.05) is 19.4 Å². The standard InChI is InChI=1S/C18H18N2O2/c21-18(22)11-6-12-20-16-10-5-4-9-15(16)19-17(20)13-14-7-2-1-3-8-14/h1-5,7-10H,6,11-13H2,(H,21,22). The number of para-hydroxylation sites is 2. The van der Waals surface area contributed by atoms with Crippen molar-refractivity contribution in [3.8, 4) is 0 Å². The van der Waals surface area contributed by atoms with Crippen molar-refractivity contribution < 1.29 is 9.90 Å². The molecule has 0 fully saturated rings. The van der Waals surface area contributed by atoms with Crippen LogP contribution in [0.4, 0.5) is 0 Å². The van der Waals surface area contributed by atoms with E-state index < -0.39 is 5.97 Å². The normalized spacial score (nSPS) is 10.9. The van der Waals surface area contributed by atoms with Gasteiger partial charge in [-0.25, -0.2) is 4.98 Å². The van der Waals surface area contributed by atoms with Crippen molar-refractivity contribution in [3.63, 3.8) is 0 Å². The molecular formula is C18H18N2O2. The molecule has 4 heteroatoms. The molecular weight excluding hydrogens is 276 g/mol. The second kappa shape index (κ2) is 6.43. The van der Waals surface area contributed by atoms with Gasteiger partial charge in [-0.05, 0) is 24.1 Å². The van der Waals surface area contributed by atoms with Crippen LogP contribution in [0, 0.1) is 0 Å². The monoisotopic (exact) mass is 294 g/mol. The average Bonchev–Trinajstić information content (AvgIpc) is 2.86. The Kier molecular flexibility index (Phi) is 4.19. The number of fused-ring (bicyclic) bond motifs is 1. The highest BCUT2D eigenvalue weighted by Crippen LogP contribution is 2.19. The average molecular weight is 294 g/mol. The SMILES string of the molecule is O=C(O)CCCn1c(Cc2ccccc2)nc2ccccc21. The zero-order valence-electron chi connectivity index (χ0n) is 12.3. The number of carboxylic acid groups (broad SMARTS) is 1. The van der Waals surface area contributed by atoms with E-state index in [9.17, 15) is 4.79 Å². The Morgan fingerprint density at radius 1 is 1.05 bits per heavy atom. The van der Waals surface area contributed by atoms with E-state index in [1.54, 1.807) is 0 Å². The predicted octanol–water partition coefficient (Wildman–Crippen LogP) is 3.49. The van der Waals surface area contributed by atoms with E-state index in [1.807, 2.05) is 42.5 Å². The summed E-state index contributed by atoms with van der Waals surface area (Å²) in [4.78, 5) is 15.5. The third-order valence-electron chi connectivity index (χ3n) is 3.71. The molecule has 0 spiro atoms. The molecule has 1 aromatic heterocycles. The number of benzene rings is 2. The van der Waals surface area contributed by atoms with Gasteiger partial charge in [-0.15, -0.1) is 0 Å². The van der Waals surface area contributed by atoms with Crippen LogP contribution in [-0.4, -0.2) is 20.6 Å². The summed E-state index contributed by atoms with van der Waals surface area (Å²) < 4.78 is 2.14. The van der Waals surface area contributed by atoms with Crippen LogP contribution >= 0.6 is 0 Å². The summed E-state index contributed by atoms with van der Waals surface area (Å²) in [5, 5.41) is 8.84. The number of imidazole rings is 1. The Labute approximate surface area is 129 Å². The first-order chi connectivity index (χ1) is 10.7. The Balaban J connectivity index is 1.91. The van der Waals surface area contributed by atoms with Gasteiger partial charge >= 0.3 is 5.97 Å². The zero-order chi connectivity index (χ0) is 15.4. The number of rotatable bonds is 6. The molecule has 3 aromatic rings. The highest BCUT2D eigenvalue weighted by molar-refractivity contribution is 5.76. The van der Waals surface area contributed by atoms with Gasteiger partial charge in [0.25, 0.3) is 0 Å². The summed E-state index contributed by atoms with van der Waals surface area (Å²) in [6, 6.07) is 18.2. The van der Waals surface area contributed by atoms with Gasteiger partial charge in [0.1, 0.15) is 5.82 Å². The van der Waals surface area contributed by atoms with Crippen LogP contribution in [0.1, 0.15) is 24.2 Å². The smallest absolute Gasteiger partial charge is 0.303 e. The lowest BCUT2D eigenvalue weighted by Gasteiger charge is -2.08. The first kappa shape index (κ1) is 14.3. The number of carboxylic acids is 1. The number of nitrogens with zero attached hydrogens (tertiary/aromatic N) is 2. The Hall–Kier alpha value is -2.62. The van der Waals surface area contributed by atoms with E-state index >= 15 is 0 Å². The van der Waals surface area contributed by atoms with E-state index in [0.29, 0.717) is 13.0 Å². The first-order valence-electron chi connectivity index (χ1n) is 7.44. The number of hydrogen-bond acceptors (Lipinski definition) is 2. The van der Waals surface area contributed by atoms with Crippen LogP contribution < -0.4 is 0 Å². The second-order valence-electron chi connectivity index (χ2n) is 5.33. The van der Waals surface area contributed by atoms with Gasteiger partial charge in [0.2, 0.25) is 0 Å². The fourth-order valence-corrected chi connectivity index (χ4v) is 2.68. The second-order valence-corrected chi connectivity index (χ2v) is 5.33. The van der Waals surface area contributed by atoms with Crippen LogP contribution in [0.2, 0.25) is 0 Å². The number of aliphatic carboxylic acids is 1. The summed E-state index contributed by atoms with van der Waals surface area (Å²) in [7, 11) is 0. The Bertz CT molecular complexity index is 778. The summed E-state index contributed by atoms with van der Waals surface area (Å²) in [5.74, 6) is 0.229. The van der Waals surface area contributed by atoms with Gasteiger partial charge < -0.3 is 9.67 Å². The molecule has 0 radical (unpaired) electrons. The molecule has 0 aliphatic heterocycles. The Morgan fingerprint density at radius 3 is 2.55 bits per heavy atom. The number of aryl methyl sites for hydroxylation is 1. The number of aromatic nitrogens is 2. The maximum Gasteiger partial charge on any atom is 0.303 e. The number of carbonyl (C=O) groups is 1. The van der Waals surface area contributed by atoms with Crippen molar-refractivity contribution >= 4 is 17.0 Å². The third-order valence-corrected chi connectivity index (χ3v) is 3.71. The maximum absolute atomic E-state index is 10.7. The van der Waals surface area contributed by atoms with Crippen molar-refractivity contribution in [1.29, 1.82) is 0 Å². The molecule has 0 saturated heterocycles. The van der Waals surface area contributed by atoms with Crippen molar-refractivity contribution in [1.82, 2.24) is 9.55 Å². The molecule has 3 rings (SSSR count). The molecule has 0 unspecified atom stereocenters. The lowest BCUT2D eigenvalue weighted by Crippen LogP contribution is -2.06. The van der Waals surface area contributed by atoms with E-state index in [1.165, 1.54) is 5.56 Å². The molecule has 1 N–H and O–H groups in total. The van der Waals surface area contributed by atoms with Crippen molar-refractivity contribution in [3.05, 3.63) is 66.0 Å². The summed E-state index contributed by atoms with van der Waals surface area (Å²) in [5.41, 5.74) is 3.24. The quantitative estimate of drug-likeness (QED) is 0.757. The zero-order valence-corrected chi connectivity index (χ0v) is 12.3. The molecule has 0 aliphatic rings. The minimum absolute atomic E-state index is 0.178. The predicted molar refractivity (Wildman–Crippen MR) is 85.9 cm³/mol. The Morgan fingerprint density at radius 2 is 1.77 bits per heavy atom. The van der Waals surface area contributed by atoms with Crippen molar-refractivity contribution in [2.24, 2.45) is 0 Å². The fourth-order valence-electron chi connectivity index (χ4n) is 2.68. The molecule has 1 heterocycles. The first-order valence-corrected chi connectivity index (χ1v) is 7.44. The minimum Gasteiger partial charge on any atom is -0.481 e. The van der Waals surface area contributed by atoms with Gasteiger partial charge in [-0.2, -0.15) is 0 Å². The fraction of sp³-hybridized carbons (Fsp3) is 0.222. The van der Waals surface area contributed by atoms with Crippen molar-refractivity contribution in [2.75, 3.05) is 0 Å². The highest BCUT2D eigenvalue weighted by atomic mass is 16.4. The van der Waals surface area contributed by atoms with Crippen molar-refractivity contribution in [2.45, 2.75) is 25.8 Å². The third kappa shape index (κ3) is 3.17. The minimum atomic E-state index is -0.756. The van der Waals surface area contributed by atoms with Gasteiger partial charge in [0.15, 0.2) is 0 Å². The molecule has 0 atom stereocenters. The van der Waals surface area contributed by atoms with Crippen LogP contribution in [0.5, 0.6) is 0 Å². The molecule has 0 aliphatic carbocycles. The molecule has 4 nitrogen and oxygen atoms in total. The lowest BCUT2D eigenvalue weighted by atomic mass is 10.1. The molecule has 0 saturated carbocycles. The highest BCUT2D eigenvalue weighted by Gasteiger charge is 2.11. The molecule has 0 amide bonds. The van der Waals surface area contributed by atoms with E-state index in [-0.39, 0.29) is 6.42 Å². The van der Waals surface area contributed by atoms with Crippen LogP contribution in [-0.2, 0) is 17.8 Å². The van der Waals surface area contributed by atoms with E-state index in [4.69, 9.17) is 10.1 Å². The topological polar surface area (TPSA) is 55.1 Å². The molecule has 0 bridgehead atoms. The lowest BCUT2D eigenvalue weighted by molar-refractivity contribution is -0.137. The van der Waals surface area contributed by atoms with Crippen LogP contribution in [0.3, 0.4) is 0 Å². The van der Waals surface area contributed by atoms with Gasteiger partial charge in [-0.1, -0.05) is 42.5 Å². The van der Waals surface area contributed by atoms with Crippen LogP contribution in [0.25, 0.3) is 11.0 Å². The van der Waals surface area contributed by atoms with Crippen LogP contribution in [0.15, 0.2) is 54.6 Å². The molecule has 112 valence electrons.